The second-order valence-electron chi connectivity index (χ2n) is 12.5. The maximum Gasteiger partial charge on any atom is 0.319 e. The lowest BCUT2D eigenvalue weighted by Crippen LogP contribution is -2.43. The number of anilines is 1. The zero-order valence-corrected chi connectivity index (χ0v) is 25.2. The molecule has 1 N–H and O–H groups in total. The first-order chi connectivity index (χ1) is 22.8. The number of hydrogen-bond acceptors (Lipinski definition) is 10. The van der Waals surface area contributed by atoms with Gasteiger partial charge in [0, 0.05) is 23.9 Å². The van der Waals surface area contributed by atoms with E-state index in [-0.39, 0.29) is 82.4 Å². The Morgan fingerprint density at radius 1 is 1.17 bits per heavy atom. The van der Waals surface area contributed by atoms with Crippen LogP contribution < -0.4 is 14.4 Å². The predicted molar refractivity (Wildman–Crippen MR) is 165 cm³/mol. The van der Waals surface area contributed by atoms with Crippen molar-refractivity contribution < 1.29 is 32.5 Å². The number of terminal acetylenes is 1. The van der Waals surface area contributed by atoms with Gasteiger partial charge in [-0.25, -0.2) is 18.2 Å². The van der Waals surface area contributed by atoms with Crippen molar-refractivity contribution in [2.45, 2.75) is 49.5 Å². The molecule has 0 bridgehead atoms. The van der Waals surface area contributed by atoms with Crippen LogP contribution in [-0.2, 0) is 4.74 Å². The van der Waals surface area contributed by atoms with E-state index in [9.17, 15) is 19.1 Å². The van der Waals surface area contributed by atoms with Crippen molar-refractivity contribution in [2.75, 3.05) is 44.4 Å². The number of nitriles is 1. The first-order valence-corrected chi connectivity index (χ1v) is 15.5. The molecule has 0 radical (unpaired) electrons. The highest BCUT2D eigenvalue weighted by Gasteiger charge is 2.49. The number of fused-ring (bicyclic) bond motifs is 4. The summed E-state index contributed by atoms with van der Waals surface area (Å²) in [4.78, 5) is 17.8. The van der Waals surface area contributed by atoms with E-state index < -0.39 is 29.4 Å². The fraction of sp³-hybridized carbons (Fsp3) is 0.412. The smallest absolute Gasteiger partial charge is 0.319 e. The molecule has 3 fully saturated rings. The molecule has 6 heterocycles. The summed E-state index contributed by atoms with van der Waals surface area (Å²) in [6.07, 6.45) is 6.41. The molecule has 0 saturated carbocycles. The molecule has 8 rings (SSSR count). The Hall–Kier alpha value is -4.85. The lowest BCUT2D eigenvalue weighted by atomic mass is 9.95. The molecule has 0 spiro atoms. The molecule has 4 aromatic rings. The highest BCUT2D eigenvalue weighted by molar-refractivity contribution is 6.04. The summed E-state index contributed by atoms with van der Waals surface area (Å²) in [5, 5.41) is 21.1. The van der Waals surface area contributed by atoms with Gasteiger partial charge in [-0.05, 0) is 49.4 Å². The van der Waals surface area contributed by atoms with Gasteiger partial charge in [-0.15, -0.1) is 6.42 Å². The third-order valence-corrected chi connectivity index (χ3v) is 9.80. The van der Waals surface area contributed by atoms with E-state index in [1.54, 1.807) is 0 Å². The van der Waals surface area contributed by atoms with E-state index in [1.165, 1.54) is 24.3 Å². The van der Waals surface area contributed by atoms with Crippen LogP contribution in [-0.4, -0.2) is 88.3 Å². The molecule has 0 aliphatic carbocycles. The van der Waals surface area contributed by atoms with Gasteiger partial charge in [-0.2, -0.15) is 15.2 Å². The summed E-state index contributed by atoms with van der Waals surface area (Å²) >= 11 is 0. The summed E-state index contributed by atoms with van der Waals surface area (Å²) < 4.78 is 64.6. The third-order valence-electron chi connectivity index (χ3n) is 9.80. The van der Waals surface area contributed by atoms with Gasteiger partial charge in [-0.1, -0.05) is 12.0 Å². The number of hydrogen-bond donors (Lipinski definition) is 1. The van der Waals surface area contributed by atoms with Crippen molar-refractivity contribution in [3.05, 3.63) is 41.5 Å². The van der Waals surface area contributed by atoms with Crippen LogP contribution >= 0.6 is 0 Å². The molecule has 47 heavy (non-hydrogen) atoms. The highest BCUT2D eigenvalue weighted by atomic mass is 19.1. The SMILES string of the molecule is C#Cc1c(F)ccc2cc(O)cc(-c3nc4c5c(nc(OC[C@@]67CCCN6C[C@H](F)C7)nc5c3F)N3C[C@H](C#N)OCC[C@H]3CO4)c12. The summed E-state index contributed by atoms with van der Waals surface area (Å²) in [5.74, 6) is 0.839. The summed E-state index contributed by atoms with van der Waals surface area (Å²) in [5.41, 5.74) is -1.03. The number of rotatable bonds is 4. The molecule has 4 atom stereocenters. The van der Waals surface area contributed by atoms with E-state index in [1.807, 2.05) is 4.90 Å². The lowest BCUT2D eigenvalue weighted by Gasteiger charge is -2.31. The summed E-state index contributed by atoms with van der Waals surface area (Å²) in [6, 6.07) is 7.01. The third kappa shape index (κ3) is 4.76. The van der Waals surface area contributed by atoms with Gasteiger partial charge >= 0.3 is 6.01 Å². The Labute approximate surface area is 267 Å². The standard InChI is InChI=1S/C34H29F3N6O4/c1-2-23-25(36)5-4-18-10-21(44)11-24(26(18)23)29-28(37)30-27-31(43-15-22(13-38)45-9-6-20(43)16-46-32(27)39-29)41-33(40-30)47-17-34-7-3-8-42(34)14-19(35)12-34/h1,4-5,10-11,19-20,22,44H,3,6-9,12,14-17H2/t19-,20+,22+,34+/m1/s1. The summed E-state index contributed by atoms with van der Waals surface area (Å²) in [7, 11) is 0. The largest absolute Gasteiger partial charge is 0.508 e. The maximum absolute atomic E-state index is 17.0. The monoisotopic (exact) mass is 642 g/mol. The van der Waals surface area contributed by atoms with Crippen LogP contribution in [0.15, 0.2) is 24.3 Å². The van der Waals surface area contributed by atoms with Crippen LogP contribution in [0.2, 0.25) is 0 Å². The fourth-order valence-corrected chi connectivity index (χ4v) is 7.63. The highest BCUT2D eigenvalue weighted by Crippen LogP contribution is 2.45. The van der Waals surface area contributed by atoms with E-state index in [0.717, 1.165) is 19.4 Å². The molecule has 4 aliphatic heterocycles. The van der Waals surface area contributed by atoms with Crippen LogP contribution in [0, 0.1) is 35.3 Å². The lowest BCUT2D eigenvalue weighted by molar-refractivity contribution is 0.103. The van der Waals surface area contributed by atoms with Gasteiger partial charge in [0.1, 0.15) is 53.4 Å². The quantitative estimate of drug-likeness (QED) is 0.316. The molecule has 0 unspecified atom stereocenters. The van der Waals surface area contributed by atoms with Crippen LogP contribution in [0.25, 0.3) is 32.9 Å². The maximum atomic E-state index is 17.0. The predicted octanol–water partition coefficient (Wildman–Crippen LogP) is 4.65. The number of phenolic OH excluding ortho intramolecular Hbond substituents is 1. The number of nitrogens with zero attached hydrogens (tertiary/aromatic N) is 6. The Morgan fingerprint density at radius 2 is 2.04 bits per heavy atom. The number of halogens is 3. The second kappa shape index (κ2) is 11.1. The fourth-order valence-electron chi connectivity index (χ4n) is 7.63. The topological polar surface area (TPSA) is 117 Å². The second-order valence-corrected chi connectivity index (χ2v) is 12.5. The minimum atomic E-state index is -0.970. The van der Waals surface area contributed by atoms with E-state index >= 15 is 4.39 Å². The average Bonchev–Trinajstić information content (AvgIpc) is 3.44. The van der Waals surface area contributed by atoms with E-state index in [0.29, 0.717) is 31.4 Å². The molecular weight excluding hydrogens is 613 g/mol. The van der Waals surface area contributed by atoms with Gasteiger partial charge in [0.2, 0.25) is 5.88 Å². The van der Waals surface area contributed by atoms with E-state index in [4.69, 9.17) is 25.6 Å². The van der Waals surface area contributed by atoms with Crippen LogP contribution in [0.1, 0.15) is 31.2 Å². The van der Waals surface area contributed by atoms with Crippen molar-refractivity contribution in [1.29, 1.82) is 5.26 Å². The van der Waals surface area contributed by atoms with Gasteiger partial charge in [0.25, 0.3) is 0 Å². The Kier molecular flexibility index (Phi) is 7.01. The number of ether oxygens (including phenoxy) is 3. The minimum Gasteiger partial charge on any atom is -0.508 e. The average molecular weight is 643 g/mol. The number of aromatic nitrogens is 3. The first-order valence-electron chi connectivity index (χ1n) is 15.5. The molecule has 2 aromatic heterocycles. The molecule has 10 nitrogen and oxygen atoms in total. The number of alkyl halides is 1. The zero-order valence-electron chi connectivity index (χ0n) is 25.2. The van der Waals surface area contributed by atoms with Crippen molar-refractivity contribution in [3.63, 3.8) is 0 Å². The summed E-state index contributed by atoms with van der Waals surface area (Å²) in [6.45, 7) is 1.74. The molecule has 13 heteroatoms. The molecule has 0 amide bonds. The number of benzene rings is 2. The van der Waals surface area contributed by atoms with Gasteiger partial charge in [0.15, 0.2) is 11.9 Å². The Balaban J connectivity index is 1.34. The van der Waals surface area contributed by atoms with Crippen LogP contribution in [0.4, 0.5) is 19.0 Å². The molecule has 3 saturated heterocycles. The Bertz CT molecular complexity index is 2030. The van der Waals surface area contributed by atoms with Gasteiger partial charge in [-0.3, -0.25) is 4.90 Å². The first kappa shape index (κ1) is 29.5. The zero-order chi connectivity index (χ0) is 32.4. The van der Waals surface area contributed by atoms with E-state index in [2.05, 4.69) is 26.9 Å². The van der Waals surface area contributed by atoms with Crippen molar-refractivity contribution >= 4 is 27.5 Å². The number of pyridine rings is 1. The van der Waals surface area contributed by atoms with Crippen molar-refractivity contribution in [3.8, 4) is 47.3 Å². The van der Waals surface area contributed by atoms with Gasteiger partial charge in [0.05, 0.1) is 36.4 Å². The normalized spacial score (nSPS) is 25.4. The van der Waals surface area contributed by atoms with Crippen molar-refractivity contribution in [1.82, 2.24) is 19.9 Å². The van der Waals surface area contributed by atoms with Crippen molar-refractivity contribution in [2.24, 2.45) is 0 Å². The molecule has 4 aliphatic rings. The van der Waals surface area contributed by atoms with Gasteiger partial charge < -0.3 is 24.2 Å². The number of phenols is 1. The number of aromatic hydroxyl groups is 1. The minimum absolute atomic E-state index is 0.0206. The molecule has 2 aromatic carbocycles. The van der Waals surface area contributed by atoms with Crippen LogP contribution in [0.3, 0.4) is 0 Å². The Morgan fingerprint density at radius 3 is 2.87 bits per heavy atom. The molecular formula is C34H29F3N6O4. The molecule has 240 valence electrons. The van der Waals surface area contributed by atoms with Crippen LogP contribution in [0.5, 0.6) is 17.6 Å².